The van der Waals surface area contributed by atoms with Crippen LogP contribution < -0.4 is 5.73 Å². The summed E-state index contributed by atoms with van der Waals surface area (Å²) < 4.78 is 0. The van der Waals surface area contributed by atoms with Gasteiger partial charge in [-0.1, -0.05) is 13.8 Å². The van der Waals surface area contributed by atoms with Crippen molar-refractivity contribution >= 4 is 11.3 Å². The first-order valence-corrected chi connectivity index (χ1v) is 6.56. The topological polar surface area (TPSA) is 51.8 Å². The SMILES string of the molecule is Cc1ccnc(-c2nc(C(C)C)c(CN)s2)c1. The van der Waals surface area contributed by atoms with E-state index in [0.29, 0.717) is 12.5 Å². The van der Waals surface area contributed by atoms with Crippen molar-refractivity contribution in [2.24, 2.45) is 5.73 Å². The molecule has 0 saturated carbocycles. The van der Waals surface area contributed by atoms with Gasteiger partial charge in [0.15, 0.2) is 0 Å². The predicted octanol–water partition coefficient (Wildman–Crippen LogP) is 3.10. The summed E-state index contributed by atoms with van der Waals surface area (Å²) in [6.07, 6.45) is 1.82. The lowest BCUT2D eigenvalue weighted by Crippen LogP contribution is -1.99. The summed E-state index contributed by atoms with van der Waals surface area (Å²) in [4.78, 5) is 10.2. The lowest BCUT2D eigenvalue weighted by atomic mass is 10.1. The zero-order valence-corrected chi connectivity index (χ0v) is 11.2. The maximum Gasteiger partial charge on any atom is 0.142 e. The molecule has 90 valence electrons. The smallest absolute Gasteiger partial charge is 0.142 e. The third-order valence-electron chi connectivity index (χ3n) is 2.59. The minimum atomic E-state index is 0.406. The van der Waals surface area contributed by atoms with Gasteiger partial charge in [-0.3, -0.25) is 4.98 Å². The minimum absolute atomic E-state index is 0.406. The van der Waals surface area contributed by atoms with Gasteiger partial charge >= 0.3 is 0 Å². The average molecular weight is 247 g/mol. The van der Waals surface area contributed by atoms with Crippen LogP contribution in [0.5, 0.6) is 0 Å². The first-order chi connectivity index (χ1) is 8.11. The Kier molecular flexibility index (Phi) is 3.54. The van der Waals surface area contributed by atoms with Gasteiger partial charge in [-0.25, -0.2) is 4.98 Å². The van der Waals surface area contributed by atoms with Crippen LogP contribution in [0.2, 0.25) is 0 Å². The number of hydrogen-bond acceptors (Lipinski definition) is 4. The second-order valence-corrected chi connectivity index (χ2v) is 5.49. The Labute approximate surface area is 106 Å². The highest BCUT2D eigenvalue weighted by Crippen LogP contribution is 2.30. The summed E-state index contributed by atoms with van der Waals surface area (Å²) in [6, 6.07) is 4.05. The standard InChI is InChI=1S/C13H17N3S/c1-8(2)12-11(7-14)17-13(16-12)10-6-9(3)4-5-15-10/h4-6,8H,7,14H2,1-3H3. The number of aryl methyl sites for hydroxylation is 1. The molecule has 2 aromatic rings. The molecule has 0 radical (unpaired) electrons. The van der Waals surface area contributed by atoms with Crippen molar-refractivity contribution in [3.8, 4) is 10.7 Å². The zero-order valence-electron chi connectivity index (χ0n) is 10.4. The van der Waals surface area contributed by atoms with Crippen molar-refractivity contribution in [1.29, 1.82) is 0 Å². The van der Waals surface area contributed by atoms with E-state index in [9.17, 15) is 0 Å². The van der Waals surface area contributed by atoms with E-state index in [2.05, 4.69) is 36.8 Å². The number of pyridine rings is 1. The normalized spacial score (nSPS) is 11.1. The molecule has 0 saturated heterocycles. The number of nitrogens with two attached hydrogens (primary N) is 1. The number of nitrogens with zero attached hydrogens (tertiary/aromatic N) is 2. The summed E-state index contributed by atoms with van der Waals surface area (Å²) in [6.45, 7) is 6.90. The van der Waals surface area contributed by atoms with Crippen LogP contribution in [0.25, 0.3) is 10.7 Å². The summed E-state index contributed by atoms with van der Waals surface area (Å²) in [7, 11) is 0. The highest BCUT2D eigenvalue weighted by Gasteiger charge is 2.14. The highest BCUT2D eigenvalue weighted by molar-refractivity contribution is 7.15. The van der Waals surface area contributed by atoms with E-state index in [1.165, 1.54) is 10.4 Å². The van der Waals surface area contributed by atoms with Gasteiger partial charge in [-0.2, -0.15) is 0 Å². The van der Waals surface area contributed by atoms with Crippen molar-refractivity contribution in [2.45, 2.75) is 33.2 Å². The molecule has 2 N–H and O–H groups in total. The van der Waals surface area contributed by atoms with Crippen LogP contribution in [0.1, 0.15) is 35.9 Å². The average Bonchev–Trinajstić information content (AvgIpc) is 2.73. The Balaban J connectivity index is 2.46. The number of hydrogen-bond donors (Lipinski definition) is 1. The number of aromatic nitrogens is 2. The van der Waals surface area contributed by atoms with Crippen molar-refractivity contribution < 1.29 is 0 Å². The van der Waals surface area contributed by atoms with E-state index in [-0.39, 0.29) is 0 Å². The fourth-order valence-corrected chi connectivity index (χ4v) is 2.79. The van der Waals surface area contributed by atoms with Gasteiger partial charge in [0, 0.05) is 17.6 Å². The van der Waals surface area contributed by atoms with Crippen molar-refractivity contribution in [2.75, 3.05) is 0 Å². The molecule has 0 atom stereocenters. The van der Waals surface area contributed by atoms with E-state index in [4.69, 9.17) is 5.73 Å². The fraction of sp³-hybridized carbons (Fsp3) is 0.385. The Morgan fingerprint density at radius 2 is 2.18 bits per heavy atom. The van der Waals surface area contributed by atoms with Crippen LogP contribution in [0.15, 0.2) is 18.3 Å². The first-order valence-electron chi connectivity index (χ1n) is 5.74. The molecule has 0 bridgehead atoms. The predicted molar refractivity (Wildman–Crippen MR) is 72.1 cm³/mol. The van der Waals surface area contributed by atoms with Gasteiger partial charge in [0.05, 0.1) is 11.4 Å². The van der Waals surface area contributed by atoms with Crippen molar-refractivity contribution in [3.05, 3.63) is 34.5 Å². The van der Waals surface area contributed by atoms with Crippen LogP contribution in [-0.2, 0) is 6.54 Å². The molecule has 0 spiro atoms. The Morgan fingerprint density at radius 3 is 2.71 bits per heavy atom. The highest BCUT2D eigenvalue weighted by atomic mass is 32.1. The molecule has 0 unspecified atom stereocenters. The molecular formula is C13H17N3S. The molecule has 2 rings (SSSR count). The molecule has 2 aromatic heterocycles. The second-order valence-electron chi connectivity index (χ2n) is 4.40. The van der Waals surface area contributed by atoms with Crippen molar-refractivity contribution in [1.82, 2.24) is 9.97 Å². The van der Waals surface area contributed by atoms with Gasteiger partial charge in [-0.15, -0.1) is 11.3 Å². The molecule has 4 heteroatoms. The molecular weight excluding hydrogens is 230 g/mol. The van der Waals surface area contributed by atoms with Crippen molar-refractivity contribution in [3.63, 3.8) is 0 Å². The lowest BCUT2D eigenvalue weighted by Gasteiger charge is -2.01. The monoisotopic (exact) mass is 247 g/mol. The van der Waals surface area contributed by atoms with Gasteiger partial charge in [0.2, 0.25) is 0 Å². The number of thiazole rings is 1. The molecule has 0 aromatic carbocycles. The molecule has 0 amide bonds. The molecule has 3 nitrogen and oxygen atoms in total. The molecule has 0 aliphatic heterocycles. The molecule has 2 heterocycles. The van der Waals surface area contributed by atoms with Gasteiger partial charge in [0.25, 0.3) is 0 Å². The summed E-state index contributed by atoms with van der Waals surface area (Å²) >= 11 is 1.65. The fourth-order valence-electron chi connectivity index (χ4n) is 1.72. The van der Waals surface area contributed by atoms with E-state index < -0.39 is 0 Å². The number of rotatable bonds is 3. The maximum atomic E-state index is 5.76. The maximum absolute atomic E-state index is 5.76. The van der Waals surface area contributed by atoms with Crippen LogP contribution in [0.3, 0.4) is 0 Å². The van der Waals surface area contributed by atoms with E-state index in [1.54, 1.807) is 11.3 Å². The van der Waals surface area contributed by atoms with E-state index in [0.717, 1.165) is 16.4 Å². The summed E-state index contributed by atoms with van der Waals surface area (Å²) in [5.41, 5.74) is 9.01. The quantitative estimate of drug-likeness (QED) is 0.906. The van der Waals surface area contributed by atoms with Crippen LogP contribution in [0.4, 0.5) is 0 Å². The van der Waals surface area contributed by atoms with Crippen LogP contribution in [0, 0.1) is 6.92 Å². The summed E-state index contributed by atoms with van der Waals surface area (Å²) in [5.74, 6) is 0.406. The van der Waals surface area contributed by atoms with Gasteiger partial charge in [0.1, 0.15) is 5.01 Å². The second kappa shape index (κ2) is 4.94. The Hall–Kier alpha value is -1.26. The molecule has 0 fully saturated rings. The third-order valence-corrected chi connectivity index (χ3v) is 3.71. The van der Waals surface area contributed by atoms with E-state index >= 15 is 0 Å². The first kappa shape index (κ1) is 12.2. The minimum Gasteiger partial charge on any atom is -0.326 e. The molecule has 0 aliphatic rings. The van der Waals surface area contributed by atoms with Crippen LogP contribution >= 0.6 is 11.3 Å². The molecule has 0 aliphatic carbocycles. The Morgan fingerprint density at radius 1 is 1.41 bits per heavy atom. The molecule has 17 heavy (non-hydrogen) atoms. The van der Waals surface area contributed by atoms with Gasteiger partial charge in [-0.05, 0) is 30.5 Å². The van der Waals surface area contributed by atoms with E-state index in [1.807, 2.05) is 12.3 Å². The largest absolute Gasteiger partial charge is 0.326 e. The Bertz CT molecular complexity index is 517. The third kappa shape index (κ3) is 2.53. The van der Waals surface area contributed by atoms with Gasteiger partial charge < -0.3 is 5.73 Å². The lowest BCUT2D eigenvalue weighted by molar-refractivity contribution is 0.813. The zero-order chi connectivity index (χ0) is 12.4. The summed E-state index contributed by atoms with van der Waals surface area (Å²) in [5, 5.41) is 0.970. The van der Waals surface area contributed by atoms with Crippen LogP contribution in [-0.4, -0.2) is 9.97 Å².